The molecule has 1 aliphatic rings. The van der Waals surface area contributed by atoms with Crippen LogP contribution < -0.4 is 10.1 Å². The first-order valence-electron chi connectivity index (χ1n) is 8.89. The fourth-order valence-electron chi connectivity index (χ4n) is 3.62. The Bertz CT molecular complexity index is 712. The number of nitro groups is 1. The van der Waals surface area contributed by atoms with E-state index in [1.807, 2.05) is 20.8 Å². The number of anilines is 1. The Morgan fingerprint density at radius 2 is 1.93 bits per heavy atom. The summed E-state index contributed by atoms with van der Waals surface area (Å²) in [5.41, 5.74) is -0.103. The lowest BCUT2D eigenvalue weighted by atomic mass is 9.89. The summed E-state index contributed by atoms with van der Waals surface area (Å²) in [4.78, 5) is 23.9. The average molecular weight is 444 g/mol. The van der Waals surface area contributed by atoms with Gasteiger partial charge >= 0.3 is 11.8 Å². The van der Waals surface area contributed by atoms with Gasteiger partial charge in [0.1, 0.15) is 15.9 Å². The molecule has 0 bridgehead atoms. The zero-order chi connectivity index (χ0) is 20.4. The van der Waals surface area contributed by atoms with Crippen LogP contribution in [-0.2, 0) is 0 Å². The Balaban J connectivity index is 2.07. The third kappa shape index (κ3) is 5.03. The number of amides is 1. The van der Waals surface area contributed by atoms with E-state index < -0.39 is 16.6 Å². The van der Waals surface area contributed by atoms with Crippen LogP contribution in [0.4, 0.5) is 16.2 Å². The van der Waals surface area contributed by atoms with Crippen LogP contribution in [0.1, 0.15) is 46.5 Å². The molecule has 0 heterocycles. The summed E-state index contributed by atoms with van der Waals surface area (Å²) in [7, 11) is 1.62. The maximum absolute atomic E-state index is 11.6. The lowest BCUT2D eigenvalue weighted by Crippen LogP contribution is -2.52. The molecular formula is C18H26BrN3O5. The van der Waals surface area contributed by atoms with E-state index >= 15 is 0 Å². The van der Waals surface area contributed by atoms with Gasteiger partial charge < -0.3 is 20.1 Å². The number of carboxylic acid groups (broad SMARTS) is 1. The van der Waals surface area contributed by atoms with E-state index in [0.717, 1.165) is 25.7 Å². The number of hydrogen-bond acceptors (Lipinski definition) is 5. The Labute approximate surface area is 167 Å². The number of nitrogens with one attached hydrogen (secondary N) is 1. The third-order valence-corrected chi connectivity index (χ3v) is 5.33. The van der Waals surface area contributed by atoms with E-state index in [0.29, 0.717) is 15.9 Å². The van der Waals surface area contributed by atoms with E-state index in [1.165, 1.54) is 4.90 Å². The van der Waals surface area contributed by atoms with E-state index in [2.05, 4.69) is 21.2 Å². The smallest absolute Gasteiger partial charge is 0.407 e. The van der Waals surface area contributed by atoms with Crippen molar-refractivity contribution >= 4 is 33.4 Å². The van der Waals surface area contributed by atoms with Crippen LogP contribution in [0.15, 0.2) is 16.6 Å². The second kappa shape index (κ2) is 8.33. The second-order valence-electron chi connectivity index (χ2n) is 7.68. The summed E-state index contributed by atoms with van der Waals surface area (Å²) < 4.78 is 6.38. The van der Waals surface area contributed by atoms with Crippen LogP contribution in [0.3, 0.4) is 0 Å². The van der Waals surface area contributed by atoms with Crippen LogP contribution >= 0.6 is 15.9 Å². The number of carbonyl (C=O) groups is 1. The van der Waals surface area contributed by atoms with Crippen LogP contribution in [-0.4, -0.2) is 45.8 Å². The van der Waals surface area contributed by atoms with Gasteiger partial charge in [-0.05, 0) is 62.4 Å². The Morgan fingerprint density at radius 3 is 2.37 bits per heavy atom. The maximum Gasteiger partial charge on any atom is 0.407 e. The van der Waals surface area contributed by atoms with Crippen molar-refractivity contribution in [3.05, 3.63) is 26.7 Å². The third-order valence-electron chi connectivity index (χ3n) is 4.73. The molecule has 1 aromatic rings. The molecule has 9 heteroatoms. The minimum Gasteiger partial charge on any atom is -0.490 e. The summed E-state index contributed by atoms with van der Waals surface area (Å²) >= 11 is 3.24. The lowest BCUT2D eigenvalue weighted by molar-refractivity contribution is -0.384. The number of nitro benzene ring substituents is 1. The zero-order valence-electron chi connectivity index (χ0n) is 16.0. The minimum absolute atomic E-state index is 0.0289. The van der Waals surface area contributed by atoms with Crippen molar-refractivity contribution < 1.29 is 19.6 Å². The lowest BCUT2D eigenvalue weighted by Gasteiger charge is -2.42. The van der Waals surface area contributed by atoms with Crippen molar-refractivity contribution in [2.45, 2.75) is 64.1 Å². The van der Waals surface area contributed by atoms with Gasteiger partial charge in [-0.1, -0.05) is 0 Å². The van der Waals surface area contributed by atoms with Crippen molar-refractivity contribution in [3.8, 4) is 5.75 Å². The highest BCUT2D eigenvalue weighted by Crippen LogP contribution is 2.38. The van der Waals surface area contributed by atoms with E-state index in [-0.39, 0.29) is 17.8 Å². The van der Waals surface area contributed by atoms with Crippen LogP contribution in [0.25, 0.3) is 0 Å². The molecule has 0 aromatic heterocycles. The standard InChI is InChI=1S/C18H26BrN3O5/c1-18(2,3)21(17(23)24)11-5-7-12(8-6-11)27-13-9-14(19)16(22(25)26)15(10-13)20-4/h9-12,20H,5-8H2,1-4H3,(H,23,24). The molecule has 0 radical (unpaired) electrons. The summed E-state index contributed by atoms with van der Waals surface area (Å²) in [5, 5.41) is 23.6. The van der Waals surface area contributed by atoms with Crippen molar-refractivity contribution in [3.63, 3.8) is 0 Å². The summed E-state index contributed by atoms with van der Waals surface area (Å²) in [6, 6.07) is 3.19. The average Bonchev–Trinajstić information content (AvgIpc) is 2.53. The molecule has 0 spiro atoms. The van der Waals surface area contributed by atoms with Gasteiger partial charge in [0, 0.05) is 30.8 Å². The molecule has 0 atom stereocenters. The Morgan fingerprint density at radius 1 is 1.33 bits per heavy atom. The molecular weight excluding hydrogens is 418 g/mol. The van der Waals surface area contributed by atoms with Gasteiger partial charge in [-0.15, -0.1) is 0 Å². The number of nitrogens with zero attached hydrogens (tertiary/aromatic N) is 2. The van der Waals surface area contributed by atoms with Crippen molar-refractivity contribution in [1.82, 2.24) is 4.90 Å². The molecule has 0 aliphatic heterocycles. The summed E-state index contributed by atoms with van der Waals surface area (Å²) in [6.45, 7) is 5.70. The van der Waals surface area contributed by atoms with Gasteiger partial charge in [-0.25, -0.2) is 4.79 Å². The molecule has 150 valence electrons. The van der Waals surface area contributed by atoms with E-state index in [1.54, 1.807) is 19.2 Å². The van der Waals surface area contributed by atoms with Gasteiger partial charge in [0.15, 0.2) is 0 Å². The fraction of sp³-hybridized carbons (Fsp3) is 0.611. The SMILES string of the molecule is CNc1cc(OC2CCC(N(C(=O)O)C(C)(C)C)CC2)cc(Br)c1[N+](=O)[O-]. The molecule has 2 rings (SSSR count). The van der Waals surface area contributed by atoms with Gasteiger partial charge in [-0.3, -0.25) is 10.1 Å². The van der Waals surface area contributed by atoms with Crippen molar-refractivity contribution in [2.24, 2.45) is 0 Å². The minimum atomic E-state index is -0.898. The van der Waals surface area contributed by atoms with E-state index in [9.17, 15) is 20.0 Å². The van der Waals surface area contributed by atoms with Crippen LogP contribution in [0.2, 0.25) is 0 Å². The molecule has 1 fully saturated rings. The topological polar surface area (TPSA) is 105 Å². The van der Waals surface area contributed by atoms with Crippen molar-refractivity contribution in [1.29, 1.82) is 0 Å². The van der Waals surface area contributed by atoms with Crippen LogP contribution in [0, 0.1) is 10.1 Å². The molecule has 0 unspecified atom stereocenters. The molecule has 0 saturated heterocycles. The van der Waals surface area contributed by atoms with Crippen LogP contribution in [0.5, 0.6) is 5.75 Å². The fourth-order valence-corrected chi connectivity index (χ4v) is 4.21. The first-order valence-corrected chi connectivity index (χ1v) is 9.68. The van der Waals surface area contributed by atoms with Gasteiger partial charge in [0.25, 0.3) is 0 Å². The largest absolute Gasteiger partial charge is 0.490 e. The molecule has 1 aliphatic carbocycles. The Hall–Kier alpha value is -2.03. The number of rotatable bonds is 5. The maximum atomic E-state index is 11.6. The molecule has 1 amide bonds. The highest BCUT2D eigenvalue weighted by Gasteiger charge is 2.36. The van der Waals surface area contributed by atoms with Gasteiger partial charge in [0.05, 0.1) is 11.0 Å². The molecule has 1 aromatic carbocycles. The number of hydrogen-bond donors (Lipinski definition) is 2. The second-order valence-corrected chi connectivity index (χ2v) is 8.53. The van der Waals surface area contributed by atoms with E-state index in [4.69, 9.17) is 4.74 Å². The Kier molecular flexibility index (Phi) is 6.56. The zero-order valence-corrected chi connectivity index (χ0v) is 17.6. The van der Waals surface area contributed by atoms with Gasteiger partial charge in [-0.2, -0.15) is 0 Å². The molecule has 2 N–H and O–H groups in total. The normalized spacial score (nSPS) is 20.0. The number of ether oxygens (including phenoxy) is 1. The summed E-state index contributed by atoms with van der Waals surface area (Å²) in [5.74, 6) is 0.547. The number of benzene rings is 1. The number of halogens is 1. The molecule has 27 heavy (non-hydrogen) atoms. The first-order chi connectivity index (χ1) is 12.5. The monoisotopic (exact) mass is 443 g/mol. The van der Waals surface area contributed by atoms with Crippen molar-refractivity contribution in [2.75, 3.05) is 12.4 Å². The highest BCUT2D eigenvalue weighted by molar-refractivity contribution is 9.10. The molecule has 1 saturated carbocycles. The predicted molar refractivity (Wildman–Crippen MR) is 107 cm³/mol. The highest BCUT2D eigenvalue weighted by atomic mass is 79.9. The van der Waals surface area contributed by atoms with Gasteiger partial charge in [0.2, 0.25) is 0 Å². The predicted octanol–water partition coefficient (Wildman–Crippen LogP) is 4.87. The first kappa shape index (κ1) is 21.3. The summed E-state index contributed by atoms with van der Waals surface area (Å²) in [6.07, 6.45) is 1.96. The quantitative estimate of drug-likeness (QED) is 0.496. The molecule has 8 nitrogen and oxygen atoms in total.